The van der Waals surface area contributed by atoms with Crippen molar-refractivity contribution in [1.82, 2.24) is 21.3 Å². The lowest BCUT2D eigenvalue weighted by atomic mass is 9.88. The average molecular weight is 1910 g/mol. The van der Waals surface area contributed by atoms with Crippen LogP contribution < -0.4 is 21.3 Å². The molecule has 0 aliphatic carbocycles. The van der Waals surface area contributed by atoms with Crippen molar-refractivity contribution >= 4 is 29.6 Å². The summed E-state index contributed by atoms with van der Waals surface area (Å²) in [5.74, 6) is -8.38. The summed E-state index contributed by atoms with van der Waals surface area (Å²) in [6.07, 6.45) is -37.0. The summed E-state index contributed by atoms with van der Waals surface area (Å²) < 4.78 is 83.5. The van der Waals surface area contributed by atoms with Crippen LogP contribution in [0.3, 0.4) is 0 Å². The van der Waals surface area contributed by atoms with Crippen LogP contribution in [0.4, 0.5) is 0 Å². The van der Waals surface area contributed by atoms with E-state index in [1.165, 1.54) is 102 Å². The number of allylic oxidation sites excluding steroid dienone is 1. The number of hydrogen-bond acceptors (Lipinski definition) is 40. The number of aliphatic hydroxyl groups is 21. The van der Waals surface area contributed by atoms with Crippen molar-refractivity contribution in [2.45, 2.75) is 453 Å². The van der Waals surface area contributed by atoms with Crippen molar-refractivity contribution in [1.29, 1.82) is 0 Å². The van der Waals surface area contributed by atoms with Crippen molar-refractivity contribution < 1.29 is 203 Å². The number of aliphatic carboxylic acids is 1. The van der Waals surface area contributed by atoms with Crippen LogP contribution in [0.5, 0.6) is 0 Å². The topological polar surface area (TPSA) is 708 Å². The second-order valence-electron chi connectivity index (χ2n) is 35.7. The highest BCUT2D eigenvalue weighted by Gasteiger charge is 2.62. The Kier molecular flexibility index (Phi) is 51.0. The lowest BCUT2D eigenvalue weighted by molar-refractivity contribution is -0.392. The maximum atomic E-state index is 13.7. The molecule has 0 radical (unpaired) electrons. The predicted molar refractivity (Wildman–Crippen MR) is 455 cm³/mol. The zero-order valence-corrected chi connectivity index (χ0v) is 76.3. The summed E-state index contributed by atoms with van der Waals surface area (Å²) in [5, 5.41) is 259. The first-order valence-electron chi connectivity index (χ1n) is 47.1. The summed E-state index contributed by atoms with van der Waals surface area (Å²) >= 11 is 0. The third-order valence-electron chi connectivity index (χ3n) is 25.2. The lowest BCUT2D eigenvalue weighted by Crippen LogP contribution is -2.71. The summed E-state index contributed by atoms with van der Waals surface area (Å²) in [6, 6.07) is -6.51. The van der Waals surface area contributed by atoms with E-state index in [0.717, 1.165) is 85.0 Å². The van der Waals surface area contributed by atoms with Gasteiger partial charge in [0.05, 0.1) is 77.1 Å². The van der Waals surface area contributed by atoms with Gasteiger partial charge in [-0.05, 0) is 19.3 Å². The molecule has 7 rings (SSSR count). The minimum Gasteiger partial charge on any atom is -0.477 e. The molecule has 0 aromatic rings. The fourth-order valence-corrected chi connectivity index (χ4v) is 17.6. The number of carboxylic acids is 1. The monoisotopic (exact) mass is 1910 g/mol. The van der Waals surface area contributed by atoms with Crippen LogP contribution in [-0.4, -0.2) is 427 Å². The van der Waals surface area contributed by atoms with Gasteiger partial charge in [0, 0.05) is 33.6 Å². The van der Waals surface area contributed by atoms with E-state index >= 15 is 0 Å². The Morgan fingerprint density at radius 2 is 0.788 bits per heavy atom. The first-order valence-corrected chi connectivity index (χ1v) is 47.1. The Labute approximate surface area is 768 Å². The van der Waals surface area contributed by atoms with E-state index in [-0.39, 0.29) is 6.42 Å². The Hall–Kier alpha value is -4.31. The molecule has 7 aliphatic heterocycles. The fourth-order valence-electron chi connectivity index (χ4n) is 17.6. The summed E-state index contributed by atoms with van der Waals surface area (Å²) in [5.41, 5.74) is 0. The largest absolute Gasteiger partial charge is 0.477 e. The van der Waals surface area contributed by atoms with Gasteiger partial charge in [0.15, 0.2) is 37.7 Å². The van der Waals surface area contributed by atoms with Gasteiger partial charge in [-0.3, -0.25) is 19.2 Å². The number of carbonyl (C=O) groups excluding carboxylic acids is 4. The lowest BCUT2D eigenvalue weighted by Gasteiger charge is -2.51. The Morgan fingerprint density at radius 3 is 1.26 bits per heavy atom. The zero-order valence-electron chi connectivity index (χ0n) is 76.3. The molecular formula is C87H154N4O41. The van der Waals surface area contributed by atoms with Crippen molar-refractivity contribution in [2.24, 2.45) is 0 Å². The van der Waals surface area contributed by atoms with Gasteiger partial charge < -0.3 is 200 Å². The van der Waals surface area contributed by atoms with E-state index in [1.54, 1.807) is 6.08 Å². The number of hydrogen-bond donors (Lipinski definition) is 26. The molecule has 0 aromatic heterocycles. The maximum Gasteiger partial charge on any atom is 0.364 e. The summed E-state index contributed by atoms with van der Waals surface area (Å²) in [7, 11) is 0. The van der Waals surface area contributed by atoms with E-state index in [4.69, 9.17) is 66.3 Å². The van der Waals surface area contributed by atoms with Crippen LogP contribution in [0.2, 0.25) is 0 Å². The molecule has 45 nitrogen and oxygen atoms in total. The molecule has 0 saturated carbocycles. The maximum absolute atomic E-state index is 13.7. The minimum absolute atomic E-state index is 0.107. The highest BCUT2D eigenvalue weighted by molar-refractivity contribution is 5.77. The SMILES string of the molecule is CCCCCCCCCCCCC/C=C/[C@@H](O)[C@H](CO[C@@H]1OC(CO)[C@@H](O[C@@H]2OC(CO[C@@H]3OC(CO)[C@@H](O[C@@H]4OC(CO)[C@H](O)[C@H](O[C@]5(C(=O)O)CC(O)[C@@H](NC(C)=O)C([C@H](O)[C@H](O)CO)O5)C4O)[C@H](O)C3NC(C)=O)[C@H](O)[C@H](O[C@H]3OC(CO)[C@H](O)[C@H](O[C@@H]4OC(CO)[C@H](O)[C@H](O)C4NC(C)=O)C3O)C2O)[C@H](O)C1O)NC(=O)CCCCCCCCCCCCCCCCC. The Bertz CT molecular complexity index is 3300. The molecule has 0 bridgehead atoms. The van der Waals surface area contributed by atoms with Gasteiger partial charge in [-0.15, -0.1) is 0 Å². The van der Waals surface area contributed by atoms with E-state index in [1.807, 2.05) is 0 Å². The Morgan fingerprint density at radius 1 is 0.402 bits per heavy atom. The number of rotatable bonds is 59. The van der Waals surface area contributed by atoms with Crippen LogP contribution >= 0.6 is 0 Å². The van der Waals surface area contributed by atoms with Crippen molar-refractivity contribution in [3.63, 3.8) is 0 Å². The van der Waals surface area contributed by atoms with Crippen LogP contribution in [0.1, 0.15) is 221 Å². The Balaban J connectivity index is 1.12. The highest BCUT2D eigenvalue weighted by atomic mass is 16.8. The number of carbonyl (C=O) groups is 5. The first kappa shape index (κ1) is 115. The standard InChI is InChI=1S/C87H154N4O41/c1-6-8-10-12-14-16-18-20-21-23-25-27-29-31-33-35-58(104)91-48(49(101)34-32-30-28-26-24-22-19-17-15-13-11-9-7-2)43-119-82-70(113)69(112)75(56(42-97)125-82)128-84-72(115)78(130-83-71(114)77(64(107)53(39-94)122-83)129-81-60(89-46(4)99)67(110)63(106)52(38-93)121-81)66(109)57(126-84)44-120-80-61(90-47(5)100)68(111)74(55(41-96)124-80)127-85-73(116)79(65(108)54(40-95)123-85)132-87(86(117)118)36-50(102)59(88-45(3)98)76(131-87)62(105)51(103)37-92/h32,34,48-57,59-85,92-97,101-103,105-116H,6-31,33,35-44H2,1-5H3,(H,88,98)(H,89,99)(H,90,100)(H,91,104)(H,117,118)/b34-32+/t48-,49+,50?,51+,52?,53?,54?,55?,56?,57?,59+,60?,61?,62+,63-,64-,65-,66-,67+,68+,69+,70?,71?,72?,73?,74+,75+,76?,77-,78-,79-,80+,81-,82+,83+,84-,85-,87-/m0/s1. The van der Waals surface area contributed by atoms with E-state index in [2.05, 4.69) is 35.1 Å². The number of unbranched alkanes of at least 4 members (excludes halogenated alkanes) is 25. The minimum atomic E-state index is -3.26. The molecular weight excluding hydrogens is 1760 g/mol. The highest BCUT2D eigenvalue weighted by Crippen LogP contribution is 2.41. The fraction of sp³-hybridized carbons (Fsp3) is 0.920. The molecule has 14 unspecified atom stereocenters. The molecule has 45 heteroatoms. The van der Waals surface area contributed by atoms with Crippen LogP contribution in [-0.2, 0) is 90.3 Å². The molecule has 26 N–H and O–H groups in total. The van der Waals surface area contributed by atoms with Crippen LogP contribution in [0.15, 0.2) is 12.2 Å². The average Bonchev–Trinajstić information content (AvgIpc) is 0.744. The smallest absolute Gasteiger partial charge is 0.364 e. The second kappa shape index (κ2) is 58.7. The molecule has 0 aromatic carbocycles. The number of amides is 4. The van der Waals surface area contributed by atoms with Gasteiger partial charge in [-0.25, -0.2) is 4.79 Å². The van der Waals surface area contributed by atoms with Gasteiger partial charge in [0.25, 0.3) is 5.79 Å². The quantitative estimate of drug-likeness (QED) is 0.0200. The molecule has 132 heavy (non-hydrogen) atoms. The molecule has 7 fully saturated rings. The number of ether oxygens (including phenoxy) is 14. The van der Waals surface area contributed by atoms with Gasteiger partial charge in [-0.2, -0.15) is 0 Å². The van der Waals surface area contributed by atoms with Crippen molar-refractivity contribution in [3.05, 3.63) is 12.2 Å². The second-order valence-corrected chi connectivity index (χ2v) is 35.7. The van der Waals surface area contributed by atoms with Crippen molar-refractivity contribution in [2.75, 3.05) is 52.9 Å². The molecule has 0 spiro atoms. The zero-order chi connectivity index (χ0) is 97.1. The van der Waals surface area contributed by atoms with Crippen LogP contribution in [0.25, 0.3) is 0 Å². The number of nitrogens with one attached hydrogen (secondary N) is 4. The summed E-state index contributed by atoms with van der Waals surface area (Å²) in [6.45, 7) is -0.962. The predicted octanol–water partition coefficient (Wildman–Crippen LogP) is -5.25. The molecule has 7 saturated heterocycles. The van der Waals surface area contributed by atoms with Gasteiger partial charge >= 0.3 is 5.97 Å². The first-order chi connectivity index (χ1) is 63.1. The van der Waals surface area contributed by atoms with Gasteiger partial charge in [0.1, 0.15) is 165 Å². The molecule has 4 amide bonds. The van der Waals surface area contributed by atoms with E-state index < -0.39 is 321 Å². The van der Waals surface area contributed by atoms with Crippen molar-refractivity contribution in [3.8, 4) is 0 Å². The molecule has 7 aliphatic rings. The molecule has 768 valence electrons. The third kappa shape index (κ3) is 33.2. The summed E-state index contributed by atoms with van der Waals surface area (Å²) in [4.78, 5) is 64.9. The number of aliphatic hydroxyl groups excluding tert-OH is 21. The van der Waals surface area contributed by atoms with Gasteiger partial charge in [-0.1, -0.05) is 180 Å². The van der Waals surface area contributed by atoms with E-state index in [0.29, 0.717) is 12.8 Å². The third-order valence-corrected chi connectivity index (χ3v) is 25.2. The van der Waals surface area contributed by atoms with E-state index in [9.17, 15) is 136 Å². The van der Waals surface area contributed by atoms with Crippen LogP contribution in [0, 0.1) is 0 Å². The normalized spacial score (nSPS) is 37.3. The molecule has 38 atom stereocenters. The number of carboxylic acid groups (broad SMARTS) is 1. The molecule has 7 heterocycles. The van der Waals surface area contributed by atoms with Gasteiger partial charge in [0.2, 0.25) is 23.6 Å².